The maximum Gasteiger partial charge on any atom is 0.266 e. The molecule has 2 aromatic rings. The highest BCUT2D eigenvalue weighted by Gasteiger charge is 2.35. The third-order valence-corrected chi connectivity index (χ3v) is 5.18. The topological polar surface area (TPSA) is 58.8 Å². The first-order valence-corrected chi connectivity index (χ1v) is 9.52. The van der Waals surface area contributed by atoms with Crippen LogP contribution in [-0.4, -0.2) is 52.6 Å². The average molecular weight is 428 g/mol. The van der Waals surface area contributed by atoms with Crippen LogP contribution in [0.25, 0.3) is 0 Å². The van der Waals surface area contributed by atoms with Crippen LogP contribution in [-0.2, 0) is 11.3 Å². The van der Waals surface area contributed by atoms with Crippen molar-refractivity contribution in [3.8, 4) is 5.75 Å². The first-order valence-electron chi connectivity index (χ1n) is 9.14. The van der Waals surface area contributed by atoms with Gasteiger partial charge >= 0.3 is 0 Å². The molecule has 1 aromatic carbocycles. The van der Waals surface area contributed by atoms with Crippen LogP contribution < -0.4 is 4.74 Å². The summed E-state index contributed by atoms with van der Waals surface area (Å²) in [5, 5.41) is 4.65. The SMILES string of the molecule is Cc1noc(C)c1CN1CCN(C(=O)C(C)(C)Oc2ccc(Cl)cc2)CC1.Cl. The Morgan fingerprint density at radius 1 is 1.18 bits per heavy atom. The van der Waals surface area contributed by atoms with Crippen molar-refractivity contribution in [1.29, 1.82) is 0 Å². The van der Waals surface area contributed by atoms with Crippen LogP contribution in [0, 0.1) is 13.8 Å². The first kappa shape index (κ1) is 22.5. The van der Waals surface area contributed by atoms with E-state index in [1.165, 1.54) is 0 Å². The largest absolute Gasteiger partial charge is 0.478 e. The number of carbonyl (C=O) groups excluding carboxylic acids is 1. The Morgan fingerprint density at radius 3 is 2.32 bits per heavy atom. The minimum atomic E-state index is -0.933. The van der Waals surface area contributed by atoms with E-state index in [0.717, 1.165) is 36.7 Å². The minimum absolute atomic E-state index is 0. The summed E-state index contributed by atoms with van der Waals surface area (Å²) >= 11 is 5.91. The number of aromatic nitrogens is 1. The van der Waals surface area contributed by atoms with Gasteiger partial charge in [0.25, 0.3) is 5.91 Å². The molecule has 0 saturated carbocycles. The zero-order valence-electron chi connectivity index (χ0n) is 16.7. The van der Waals surface area contributed by atoms with Gasteiger partial charge in [0, 0.05) is 43.3 Å². The van der Waals surface area contributed by atoms with Gasteiger partial charge in [-0.1, -0.05) is 16.8 Å². The lowest BCUT2D eigenvalue weighted by atomic mass is 10.1. The van der Waals surface area contributed by atoms with Crippen LogP contribution in [0.2, 0.25) is 5.02 Å². The first-order chi connectivity index (χ1) is 12.8. The summed E-state index contributed by atoms with van der Waals surface area (Å²) in [6, 6.07) is 7.06. The monoisotopic (exact) mass is 427 g/mol. The second-order valence-electron chi connectivity index (χ2n) is 7.44. The fraction of sp³-hybridized carbons (Fsp3) is 0.500. The number of piperazine rings is 1. The van der Waals surface area contributed by atoms with Crippen molar-refractivity contribution < 1.29 is 14.1 Å². The molecule has 2 heterocycles. The molecule has 1 saturated heterocycles. The second-order valence-corrected chi connectivity index (χ2v) is 7.87. The van der Waals surface area contributed by atoms with E-state index in [2.05, 4.69) is 10.1 Å². The summed E-state index contributed by atoms with van der Waals surface area (Å²) in [6.07, 6.45) is 0. The number of hydrogen-bond donors (Lipinski definition) is 0. The smallest absolute Gasteiger partial charge is 0.266 e. The Hall–Kier alpha value is -1.76. The zero-order chi connectivity index (χ0) is 19.6. The van der Waals surface area contributed by atoms with Crippen LogP contribution in [0.5, 0.6) is 5.75 Å². The normalized spacial score (nSPS) is 15.2. The molecule has 0 spiro atoms. The van der Waals surface area contributed by atoms with Gasteiger partial charge in [0.1, 0.15) is 11.5 Å². The highest BCUT2D eigenvalue weighted by Crippen LogP contribution is 2.23. The van der Waals surface area contributed by atoms with Crippen molar-refractivity contribution in [3.05, 3.63) is 46.3 Å². The summed E-state index contributed by atoms with van der Waals surface area (Å²) < 4.78 is 11.2. The molecule has 0 atom stereocenters. The van der Waals surface area contributed by atoms with E-state index >= 15 is 0 Å². The van der Waals surface area contributed by atoms with Crippen molar-refractivity contribution in [1.82, 2.24) is 15.0 Å². The van der Waals surface area contributed by atoms with E-state index in [1.54, 1.807) is 38.1 Å². The minimum Gasteiger partial charge on any atom is -0.478 e. The van der Waals surface area contributed by atoms with Gasteiger partial charge < -0.3 is 14.2 Å². The van der Waals surface area contributed by atoms with Crippen LogP contribution in [0.4, 0.5) is 0 Å². The van der Waals surface area contributed by atoms with E-state index in [0.29, 0.717) is 23.9 Å². The number of rotatable bonds is 5. The summed E-state index contributed by atoms with van der Waals surface area (Å²) in [5.41, 5.74) is 1.14. The summed E-state index contributed by atoms with van der Waals surface area (Å²) in [7, 11) is 0. The van der Waals surface area contributed by atoms with Crippen LogP contribution >= 0.6 is 24.0 Å². The molecule has 0 N–H and O–H groups in total. The van der Waals surface area contributed by atoms with Crippen molar-refractivity contribution in [2.24, 2.45) is 0 Å². The van der Waals surface area contributed by atoms with Gasteiger partial charge in [0.05, 0.1) is 5.69 Å². The van der Waals surface area contributed by atoms with Crippen LogP contribution in [0.15, 0.2) is 28.8 Å². The van der Waals surface area contributed by atoms with Gasteiger partial charge in [-0.15, -0.1) is 12.4 Å². The standard InChI is InChI=1S/C20H26ClN3O3.ClH/c1-14-18(15(2)27-22-14)13-23-9-11-24(12-10-23)19(25)20(3,4)26-17-7-5-16(21)6-8-17;/h5-8H,9-13H2,1-4H3;1H. The molecule has 1 amide bonds. The molecule has 3 rings (SSSR count). The molecular formula is C20H27Cl2N3O3. The Morgan fingerprint density at radius 2 is 1.79 bits per heavy atom. The van der Waals surface area contributed by atoms with Gasteiger partial charge in [0.2, 0.25) is 0 Å². The number of benzene rings is 1. The molecule has 28 heavy (non-hydrogen) atoms. The molecule has 8 heteroatoms. The molecule has 1 aliphatic heterocycles. The van der Waals surface area contributed by atoms with E-state index in [-0.39, 0.29) is 18.3 Å². The number of carbonyl (C=O) groups is 1. The number of halogens is 2. The van der Waals surface area contributed by atoms with Crippen LogP contribution in [0.3, 0.4) is 0 Å². The number of amides is 1. The van der Waals surface area contributed by atoms with E-state index in [9.17, 15) is 4.79 Å². The predicted molar refractivity (Wildman–Crippen MR) is 111 cm³/mol. The van der Waals surface area contributed by atoms with E-state index < -0.39 is 5.60 Å². The molecule has 154 valence electrons. The predicted octanol–water partition coefficient (Wildman–Crippen LogP) is 3.87. The quantitative estimate of drug-likeness (QED) is 0.724. The van der Waals surface area contributed by atoms with Crippen molar-refractivity contribution in [3.63, 3.8) is 0 Å². The Labute approximate surface area is 177 Å². The number of ether oxygens (including phenoxy) is 1. The molecule has 0 aliphatic carbocycles. The molecule has 1 aliphatic rings. The van der Waals surface area contributed by atoms with E-state index in [1.807, 2.05) is 18.7 Å². The average Bonchev–Trinajstić information content (AvgIpc) is 2.95. The van der Waals surface area contributed by atoms with Gasteiger partial charge in [0.15, 0.2) is 5.60 Å². The molecule has 1 aromatic heterocycles. The molecule has 1 fully saturated rings. The second kappa shape index (κ2) is 9.16. The highest BCUT2D eigenvalue weighted by molar-refractivity contribution is 6.30. The highest BCUT2D eigenvalue weighted by atomic mass is 35.5. The van der Waals surface area contributed by atoms with Crippen molar-refractivity contribution in [2.75, 3.05) is 26.2 Å². The maximum atomic E-state index is 13.0. The maximum absolute atomic E-state index is 13.0. The fourth-order valence-corrected chi connectivity index (χ4v) is 3.41. The molecular weight excluding hydrogens is 401 g/mol. The van der Waals surface area contributed by atoms with Crippen molar-refractivity contribution >= 4 is 29.9 Å². The van der Waals surface area contributed by atoms with E-state index in [4.69, 9.17) is 20.9 Å². The lowest BCUT2D eigenvalue weighted by molar-refractivity contribution is -0.147. The lowest BCUT2D eigenvalue weighted by Gasteiger charge is -2.38. The van der Waals surface area contributed by atoms with Gasteiger partial charge in [-0.3, -0.25) is 9.69 Å². The third kappa shape index (κ3) is 5.19. The van der Waals surface area contributed by atoms with Gasteiger partial charge in [-0.25, -0.2) is 0 Å². The molecule has 0 radical (unpaired) electrons. The summed E-state index contributed by atoms with van der Waals surface area (Å²) in [5.74, 6) is 1.49. The Kier molecular flexibility index (Phi) is 7.37. The number of hydrogen-bond acceptors (Lipinski definition) is 5. The number of nitrogens with zero attached hydrogens (tertiary/aromatic N) is 3. The fourth-order valence-electron chi connectivity index (χ4n) is 3.28. The molecule has 6 nitrogen and oxygen atoms in total. The van der Waals surface area contributed by atoms with Crippen LogP contribution in [0.1, 0.15) is 30.9 Å². The van der Waals surface area contributed by atoms with Gasteiger partial charge in [-0.2, -0.15) is 0 Å². The Bertz CT molecular complexity index is 778. The summed E-state index contributed by atoms with van der Waals surface area (Å²) in [6.45, 7) is 11.3. The Balaban J connectivity index is 0.00000280. The number of aryl methyl sites for hydroxylation is 2. The zero-order valence-corrected chi connectivity index (χ0v) is 18.3. The summed E-state index contributed by atoms with van der Waals surface area (Å²) in [4.78, 5) is 17.2. The van der Waals surface area contributed by atoms with Gasteiger partial charge in [-0.05, 0) is 52.0 Å². The lowest BCUT2D eigenvalue weighted by Crippen LogP contribution is -2.55. The third-order valence-electron chi connectivity index (χ3n) is 4.92. The molecule has 0 bridgehead atoms. The van der Waals surface area contributed by atoms with Crippen molar-refractivity contribution in [2.45, 2.75) is 39.8 Å². The molecule has 0 unspecified atom stereocenters.